The number of nitrogens with one attached hydrogen (secondary N) is 1. The number of nitrogens with zero attached hydrogens (tertiary/aromatic N) is 1. The fourth-order valence-electron chi connectivity index (χ4n) is 5.59. The van der Waals surface area contributed by atoms with Crippen LogP contribution >= 0.6 is 0 Å². The highest BCUT2D eigenvalue weighted by Gasteiger charge is 2.43. The van der Waals surface area contributed by atoms with Crippen LogP contribution < -0.4 is 5.32 Å². The van der Waals surface area contributed by atoms with Gasteiger partial charge in [0.1, 0.15) is 0 Å². The Kier molecular flexibility index (Phi) is 3.14. The van der Waals surface area contributed by atoms with Crippen LogP contribution in [-0.4, -0.2) is 4.57 Å². The largest absolute Gasteiger partial charge is 0.375 e. The Hall–Kier alpha value is -3.78. The van der Waals surface area contributed by atoms with E-state index >= 15 is 0 Å². The zero-order valence-electron chi connectivity index (χ0n) is 16.4. The second-order valence-electron chi connectivity index (χ2n) is 8.22. The van der Waals surface area contributed by atoms with Crippen molar-refractivity contribution in [3.05, 3.63) is 120 Å². The van der Waals surface area contributed by atoms with E-state index in [1.54, 1.807) is 0 Å². The summed E-state index contributed by atoms with van der Waals surface area (Å²) in [5.41, 5.74) is 10.6. The molecule has 30 heavy (non-hydrogen) atoms. The van der Waals surface area contributed by atoms with E-state index in [1.807, 2.05) is 0 Å². The number of hydrogen-bond donors (Lipinski definition) is 1. The summed E-state index contributed by atoms with van der Waals surface area (Å²) < 4.78 is 2.47. The maximum Gasteiger partial charge on any atom is 0.0785 e. The predicted octanol–water partition coefficient (Wildman–Crippen LogP) is 6.91. The maximum atomic E-state index is 3.88. The first kappa shape index (κ1) is 16.1. The van der Waals surface area contributed by atoms with Crippen LogP contribution in [0.15, 0.2) is 103 Å². The van der Waals surface area contributed by atoms with Gasteiger partial charge < -0.3 is 9.88 Å². The quantitative estimate of drug-likeness (QED) is 0.332. The second-order valence-corrected chi connectivity index (χ2v) is 8.22. The van der Waals surface area contributed by atoms with Gasteiger partial charge in [-0.15, -0.1) is 0 Å². The van der Waals surface area contributed by atoms with Crippen molar-refractivity contribution < 1.29 is 0 Å². The van der Waals surface area contributed by atoms with Gasteiger partial charge >= 0.3 is 0 Å². The van der Waals surface area contributed by atoms with Crippen LogP contribution in [0.2, 0.25) is 0 Å². The first-order valence-electron chi connectivity index (χ1n) is 10.6. The lowest BCUT2D eigenvalue weighted by Crippen LogP contribution is -2.21. The lowest BCUT2D eigenvalue weighted by atomic mass is 9.76. The van der Waals surface area contributed by atoms with Gasteiger partial charge in [0.05, 0.1) is 17.3 Å². The number of hydrogen-bond acceptors (Lipinski definition) is 1. The number of rotatable bonds is 1. The van der Waals surface area contributed by atoms with E-state index in [-0.39, 0.29) is 6.04 Å². The average molecular weight is 384 g/mol. The Labute approximate surface area is 175 Å². The summed E-state index contributed by atoms with van der Waals surface area (Å²) in [6.45, 7) is 0. The minimum Gasteiger partial charge on any atom is -0.375 e. The highest BCUT2D eigenvalue weighted by Crippen LogP contribution is 2.57. The molecule has 0 spiro atoms. The molecule has 2 heterocycles. The van der Waals surface area contributed by atoms with Gasteiger partial charge in [-0.3, -0.25) is 0 Å². The molecule has 142 valence electrons. The molecule has 0 radical (unpaired) electrons. The van der Waals surface area contributed by atoms with E-state index in [1.165, 1.54) is 50.2 Å². The van der Waals surface area contributed by atoms with E-state index in [2.05, 4.69) is 113 Å². The van der Waals surface area contributed by atoms with Gasteiger partial charge in [0, 0.05) is 28.2 Å². The number of fused-ring (bicyclic) bond motifs is 10. The van der Waals surface area contributed by atoms with Crippen molar-refractivity contribution in [3.63, 3.8) is 0 Å². The van der Waals surface area contributed by atoms with E-state index in [9.17, 15) is 0 Å². The number of para-hydroxylation sites is 3. The fraction of sp³-hybridized carbons (Fsp3) is 0.0714. The van der Waals surface area contributed by atoms with Gasteiger partial charge in [0.2, 0.25) is 0 Å². The first-order valence-corrected chi connectivity index (χ1v) is 10.6. The van der Waals surface area contributed by atoms with Crippen LogP contribution in [0.1, 0.15) is 28.8 Å². The normalized spacial score (nSPS) is 18.3. The molecule has 1 aliphatic heterocycles. The Bertz CT molecular complexity index is 1400. The standard InChI is InChI=1S/C28H20N2/c1-2-10-18(11-3-1)30-24-17-9-7-15-22(24)26-20-13-5-4-12-19(20)25-21-14-6-8-16-23(21)29-27(25)28(26)30/h1-17,25,27,29H. The molecule has 0 bridgehead atoms. The third-order valence-electron chi connectivity index (χ3n) is 6.73. The Morgan fingerprint density at radius 3 is 2.23 bits per heavy atom. The molecule has 2 heteroatoms. The lowest BCUT2D eigenvalue weighted by Gasteiger charge is -2.31. The molecule has 5 aromatic rings. The van der Waals surface area contributed by atoms with Gasteiger partial charge in [-0.2, -0.15) is 0 Å². The first-order chi connectivity index (χ1) is 14.9. The van der Waals surface area contributed by atoms with Crippen LogP contribution in [0.5, 0.6) is 0 Å². The molecule has 2 atom stereocenters. The third-order valence-corrected chi connectivity index (χ3v) is 6.73. The Morgan fingerprint density at radius 1 is 0.633 bits per heavy atom. The number of aromatic nitrogens is 1. The molecule has 7 rings (SSSR count). The van der Waals surface area contributed by atoms with E-state index in [0.717, 1.165) is 0 Å². The minimum atomic E-state index is 0.208. The van der Waals surface area contributed by atoms with Crippen LogP contribution in [0.4, 0.5) is 5.69 Å². The molecule has 2 unspecified atom stereocenters. The predicted molar refractivity (Wildman–Crippen MR) is 123 cm³/mol. The van der Waals surface area contributed by atoms with Gasteiger partial charge in [-0.1, -0.05) is 78.9 Å². The molecule has 2 aliphatic rings. The fourth-order valence-corrected chi connectivity index (χ4v) is 5.59. The van der Waals surface area contributed by atoms with Crippen LogP contribution in [0.3, 0.4) is 0 Å². The topological polar surface area (TPSA) is 17.0 Å². The summed E-state index contributed by atoms with van der Waals surface area (Å²) in [5.74, 6) is 0.316. The molecule has 1 aliphatic carbocycles. The maximum absolute atomic E-state index is 3.88. The molecule has 1 N–H and O–H groups in total. The summed E-state index contributed by atoms with van der Waals surface area (Å²) in [6, 6.07) is 37.5. The second kappa shape index (κ2) is 5.87. The van der Waals surface area contributed by atoms with Crippen LogP contribution in [0.25, 0.3) is 27.7 Å². The highest BCUT2D eigenvalue weighted by molar-refractivity contribution is 6.02. The van der Waals surface area contributed by atoms with E-state index in [0.29, 0.717) is 5.92 Å². The van der Waals surface area contributed by atoms with Crippen molar-refractivity contribution in [3.8, 4) is 16.8 Å². The van der Waals surface area contributed by atoms with Crippen molar-refractivity contribution in [2.24, 2.45) is 0 Å². The van der Waals surface area contributed by atoms with Gasteiger partial charge in [-0.25, -0.2) is 0 Å². The molecular formula is C28H20N2. The van der Waals surface area contributed by atoms with Crippen molar-refractivity contribution >= 4 is 16.6 Å². The SMILES string of the molecule is c1ccc(-n2c3c(c4ccccc42)-c2ccccc2C2c4ccccc4NC32)cc1. The molecular weight excluding hydrogens is 364 g/mol. The molecule has 2 nitrogen and oxygen atoms in total. The number of anilines is 1. The molecule has 0 amide bonds. The summed E-state index contributed by atoms with van der Waals surface area (Å²) in [6.07, 6.45) is 0. The molecule has 4 aromatic carbocycles. The number of benzene rings is 4. The molecule has 0 fully saturated rings. The summed E-state index contributed by atoms with van der Waals surface area (Å²) in [7, 11) is 0. The monoisotopic (exact) mass is 384 g/mol. The van der Waals surface area contributed by atoms with Crippen LogP contribution in [-0.2, 0) is 0 Å². The average Bonchev–Trinajstić information content (AvgIpc) is 3.36. The van der Waals surface area contributed by atoms with Gasteiger partial charge in [0.25, 0.3) is 0 Å². The molecule has 0 saturated carbocycles. The Morgan fingerprint density at radius 2 is 1.33 bits per heavy atom. The summed E-state index contributed by atoms with van der Waals surface area (Å²) in [5, 5.41) is 5.20. The zero-order chi connectivity index (χ0) is 19.7. The zero-order valence-corrected chi connectivity index (χ0v) is 16.4. The third kappa shape index (κ3) is 1.98. The summed E-state index contributed by atoms with van der Waals surface area (Å²) in [4.78, 5) is 0. The van der Waals surface area contributed by atoms with E-state index in [4.69, 9.17) is 0 Å². The van der Waals surface area contributed by atoms with Gasteiger partial charge in [-0.05, 0) is 41.0 Å². The van der Waals surface area contributed by atoms with Crippen molar-refractivity contribution in [1.29, 1.82) is 0 Å². The lowest BCUT2D eigenvalue weighted by molar-refractivity contribution is 0.671. The van der Waals surface area contributed by atoms with Crippen molar-refractivity contribution in [2.45, 2.75) is 12.0 Å². The minimum absolute atomic E-state index is 0.208. The molecule has 0 saturated heterocycles. The smallest absolute Gasteiger partial charge is 0.0785 e. The van der Waals surface area contributed by atoms with Crippen molar-refractivity contribution in [1.82, 2.24) is 4.57 Å². The van der Waals surface area contributed by atoms with E-state index < -0.39 is 0 Å². The molecule has 1 aromatic heterocycles. The highest BCUT2D eigenvalue weighted by atomic mass is 15.1. The summed E-state index contributed by atoms with van der Waals surface area (Å²) >= 11 is 0. The van der Waals surface area contributed by atoms with Crippen molar-refractivity contribution in [2.75, 3.05) is 5.32 Å². The Balaban J connectivity index is 1.65. The van der Waals surface area contributed by atoms with Crippen LogP contribution in [0, 0.1) is 0 Å². The van der Waals surface area contributed by atoms with Gasteiger partial charge in [0.15, 0.2) is 0 Å².